The first-order chi connectivity index (χ1) is 15.8. The van der Waals surface area contributed by atoms with Gasteiger partial charge in [0.15, 0.2) is 0 Å². The Morgan fingerprint density at radius 1 is 0.970 bits per heavy atom. The van der Waals surface area contributed by atoms with Gasteiger partial charge in [0.2, 0.25) is 0 Å². The Kier molecular flexibility index (Phi) is 9.63. The molecule has 6 N–H and O–H groups in total. The van der Waals surface area contributed by atoms with E-state index in [-0.39, 0.29) is 19.5 Å². The molecule has 1 heterocycles. The van der Waals surface area contributed by atoms with Crippen LogP contribution in [0.5, 0.6) is 0 Å². The molecule has 9 nitrogen and oxygen atoms in total. The zero-order valence-corrected chi connectivity index (χ0v) is 20.2. The summed E-state index contributed by atoms with van der Waals surface area (Å²) in [7, 11) is 3.42. The SMILES string of the molecule is CNC1C(O)C(NC)C2OCC(O)(CNCCc3ccc(C)cc3)CC(C)OCOC2C1O. The highest BCUT2D eigenvalue weighted by Gasteiger charge is 2.51. The summed E-state index contributed by atoms with van der Waals surface area (Å²) in [5.74, 6) is 0. The first-order valence-electron chi connectivity index (χ1n) is 11.8. The van der Waals surface area contributed by atoms with Gasteiger partial charge < -0.3 is 45.5 Å². The molecule has 8 unspecified atom stereocenters. The van der Waals surface area contributed by atoms with Gasteiger partial charge in [-0.15, -0.1) is 0 Å². The number of ether oxygens (including phenoxy) is 3. The highest BCUT2D eigenvalue weighted by Crippen LogP contribution is 2.29. The summed E-state index contributed by atoms with van der Waals surface area (Å²) in [6.07, 6.45) is -2.34. The molecule has 1 saturated heterocycles. The molecular formula is C24H41N3O6. The molecular weight excluding hydrogens is 426 g/mol. The molecule has 9 heteroatoms. The zero-order valence-electron chi connectivity index (χ0n) is 20.2. The van der Waals surface area contributed by atoms with Crippen LogP contribution in [0.2, 0.25) is 0 Å². The smallest absolute Gasteiger partial charge is 0.147 e. The van der Waals surface area contributed by atoms with E-state index in [4.69, 9.17) is 14.2 Å². The van der Waals surface area contributed by atoms with E-state index in [1.165, 1.54) is 11.1 Å². The van der Waals surface area contributed by atoms with E-state index < -0.39 is 42.1 Å². The Morgan fingerprint density at radius 2 is 1.67 bits per heavy atom. The maximum absolute atomic E-state index is 11.4. The summed E-state index contributed by atoms with van der Waals surface area (Å²) >= 11 is 0. The second-order valence-corrected chi connectivity index (χ2v) is 9.45. The molecule has 2 aliphatic rings. The van der Waals surface area contributed by atoms with Gasteiger partial charge in [0.25, 0.3) is 0 Å². The fourth-order valence-electron chi connectivity index (χ4n) is 4.86. The van der Waals surface area contributed by atoms with Gasteiger partial charge in [0, 0.05) is 13.0 Å². The van der Waals surface area contributed by atoms with Crippen LogP contribution in [0.4, 0.5) is 0 Å². The molecule has 1 aromatic carbocycles. The van der Waals surface area contributed by atoms with Crippen molar-refractivity contribution in [2.45, 2.75) is 74.9 Å². The van der Waals surface area contributed by atoms with Crippen LogP contribution >= 0.6 is 0 Å². The van der Waals surface area contributed by atoms with Gasteiger partial charge in [-0.05, 0) is 46.5 Å². The van der Waals surface area contributed by atoms with Gasteiger partial charge in [-0.1, -0.05) is 29.8 Å². The van der Waals surface area contributed by atoms with Crippen molar-refractivity contribution < 1.29 is 29.5 Å². The van der Waals surface area contributed by atoms with Crippen LogP contribution in [0, 0.1) is 6.92 Å². The van der Waals surface area contributed by atoms with E-state index >= 15 is 0 Å². The lowest BCUT2D eigenvalue weighted by atomic mass is 9.81. The molecule has 0 aromatic heterocycles. The maximum Gasteiger partial charge on any atom is 0.147 e. The Bertz CT molecular complexity index is 723. The Labute approximate surface area is 196 Å². The molecule has 0 amide bonds. The molecule has 188 valence electrons. The Balaban J connectivity index is 1.66. The lowest BCUT2D eigenvalue weighted by Crippen LogP contribution is -2.71. The van der Waals surface area contributed by atoms with Crippen molar-refractivity contribution >= 4 is 0 Å². The van der Waals surface area contributed by atoms with E-state index in [9.17, 15) is 15.3 Å². The number of nitrogens with one attached hydrogen (secondary N) is 3. The van der Waals surface area contributed by atoms with Crippen molar-refractivity contribution in [2.75, 3.05) is 40.6 Å². The fraction of sp³-hybridized carbons (Fsp3) is 0.750. The van der Waals surface area contributed by atoms with Crippen molar-refractivity contribution in [1.82, 2.24) is 16.0 Å². The van der Waals surface area contributed by atoms with Crippen molar-refractivity contribution in [3.8, 4) is 0 Å². The van der Waals surface area contributed by atoms with Crippen LogP contribution in [0.25, 0.3) is 0 Å². The molecule has 8 atom stereocenters. The van der Waals surface area contributed by atoms with E-state index in [1.54, 1.807) is 14.1 Å². The largest absolute Gasteiger partial charge is 0.390 e. The maximum atomic E-state index is 11.4. The summed E-state index contributed by atoms with van der Waals surface area (Å²) in [5, 5.41) is 42.4. The van der Waals surface area contributed by atoms with Crippen LogP contribution < -0.4 is 16.0 Å². The average molecular weight is 468 g/mol. The second-order valence-electron chi connectivity index (χ2n) is 9.45. The number of aliphatic hydroxyl groups is 3. The highest BCUT2D eigenvalue weighted by atomic mass is 16.7. The summed E-state index contributed by atoms with van der Waals surface area (Å²) < 4.78 is 17.8. The lowest BCUT2D eigenvalue weighted by molar-refractivity contribution is -0.243. The number of hydrogen-bond donors (Lipinski definition) is 6. The monoisotopic (exact) mass is 467 g/mol. The summed E-state index contributed by atoms with van der Waals surface area (Å²) in [6, 6.07) is 7.34. The van der Waals surface area contributed by atoms with Crippen LogP contribution in [-0.4, -0.2) is 104 Å². The molecule has 0 spiro atoms. The predicted octanol–water partition coefficient (Wildman–Crippen LogP) is -0.694. The third-order valence-electron chi connectivity index (χ3n) is 6.77. The second kappa shape index (κ2) is 12.0. The first-order valence-corrected chi connectivity index (χ1v) is 11.8. The number of likely N-dealkylation sites (N-methyl/N-ethyl adjacent to an activating group) is 2. The van der Waals surface area contributed by atoms with Crippen molar-refractivity contribution in [2.24, 2.45) is 0 Å². The molecule has 1 aliphatic heterocycles. The van der Waals surface area contributed by atoms with Gasteiger partial charge in [-0.3, -0.25) is 0 Å². The molecule has 3 rings (SSSR count). The van der Waals surface area contributed by atoms with E-state index in [0.29, 0.717) is 13.0 Å². The van der Waals surface area contributed by atoms with Crippen molar-refractivity contribution in [3.05, 3.63) is 35.4 Å². The number of fused-ring (bicyclic) bond motifs is 1. The third kappa shape index (κ3) is 6.72. The summed E-state index contributed by atoms with van der Waals surface area (Å²) in [6.45, 7) is 4.98. The minimum absolute atomic E-state index is 0.0185. The highest BCUT2D eigenvalue weighted by molar-refractivity contribution is 5.21. The molecule has 1 aliphatic carbocycles. The van der Waals surface area contributed by atoms with Gasteiger partial charge in [-0.2, -0.15) is 0 Å². The molecule has 0 radical (unpaired) electrons. The number of aryl methyl sites for hydroxylation is 1. The molecule has 1 saturated carbocycles. The molecule has 33 heavy (non-hydrogen) atoms. The Morgan fingerprint density at radius 3 is 2.33 bits per heavy atom. The molecule has 1 aromatic rings. The van der Waals surface area contributed by atoms with E-state index in [0.717, 1.165) is 13.0 Å². The van der Waals surface area contributed by atoms with Gasteiger partial charge in [0.1, 0.15) is 30.7 Å². The van der Waals surface area contributed by atoms with Crippen molar-refractivity contribution in [1.29, 1.82) is 0 Å². The Hall–Kier alpha value is -1.14. The van der Waals surface area contributed by atoms with Gasteiger partial charge in [-0.25, -0.2) is 0 Å². The lowest BCUT2D eigenvalue weighted by Gasteiger charge is -2.48. The average Bonchev–Trinajstić information content (AvgIpc) is 2.78. The van der Waals surface area contributed by atoms with Crippen LogP contribution in [0.15, 0.2) is 24.3 Å². The van der Waals surface area contributed by atoms with Crippen molar-refractivity contribution in [3.63, 3.8) is 0 Å². The van der Waals surface area contributed by atoms with Gasteiger partial charge in [0.05, 0.1) is 30.9 Å². The summed E-state index contributed by atoms with van der Waals surface area (Å²) in [4.78, 5) is 0. The topological polar surface area (TPSA) is 124 Å². The van der Waals surface area contributed by atoms with Crippen LogP contribution in [0.3, 0.4) is 0 Å². The van der Waals surface area contributed by atoms with Crippen LogP contribution in [0.1, 0.15) is 24.5 Å². The van der Waals surface area contributed by atoms with Crippen LogP contribution in [-0.2, 0) is 20.6 Å². The fourth-order valence-corrected chi connectivity index (χ4v) is 4.86. The molecule has 0 bridgehead atoms. The standard InChI is InChI=1S/C24H41N3O6/c1-15-5-7-17(8-6-15)9-10-27-12-24(30)11-16(2)32-14-33-23-21(29)18(25-3)20(28)19(26-4)22(23)31-13-24/h5-8,16,18-23,25-30H,9-14H2,1-4H3. The number of benzene rings is 1. The zero-order chi connectivity index (χ0) is 24.0. The number of aliphatic hydroxyl groups excluding tert-OH is 2. The predicted molar refractivity (Wildman–Crippen MR) is 125 cm³/mol. The van der Waals surface area contributed by atoms with Gasteiger partial charge >= 0.3 is 0 Å². The number of hydrogen-bond acceptors (Lipinski definition) is 9. The number of rotatable bonds is 7. The summed E-state index contributed by atoms with van der Waals surface area (Å²) in [5.41, 5.74) is 1.29. The van der Waals surface area contributed by atoms with E-state index in [1.807, 2.05) is 6.92 Å². The molecule has 2 fully saturated rings. The normalized spacial score (nSPS) is 38.0. The minimum Gasteiger partial charge on any atom is -0.390 e. The third-order valence-corrected chi connectivity index (χ3v) is 6.77. The van der Waals surface area contributed by atoms with E-state index in [2.05, 4.69) is 47.1 Å². The minimum atomic E-state index is -1.18. The first kappa shape index (κ1) is 26.5. The quantitative estimate of drug-likeness (QED) is 0.289.